The van der Waals surface area contributed by atoms with E-state index in [1.807, 2.05) is 25.1 Å². The molecule has 0 saturated heterocycles. The molecule has 0 radical (unpaired) electrons. The van der Waals surface area contributed by atoms with Gasteiger partial charge in [-0.15, -0.1) is 0 Å². The van der Waals surface area contributed by atoms with Gasteiger partial charge in [0.15, 0.2) is 0 Å². The van der Waals surface area contributed by atoms with Crippen molar-refractivity contribution in [1.82, 2.24) is 0 Å². The van der Waals surface area contributed by atoms with Crippen LogP contribution in [-0.4, -0.2) is 13.7 Å². The average Bonchev–Trinajstić information content (AvgIpc) is 2.26. The molecule has 0 saturated carbocycles. The third kappa shape index (κ3) is 3.26. The molecule has 1 aromatic rings. The molecule has 76 valence electrons. The fourth-order valence-corrected chi connectivity index (χ4v) is 1.11. The minimum atomic E-state index is 0.187. The van der Waals surface area contributed by atoms with Crippen molar-refractivity contribution in [3.8, 4) is 17.6 Å². The van der Waals surface area contributed by atoms with Crippen LogP contribution in [0.15, 0.2) is 23.3 Å². The van der Waals surface area contributed by atoms with Crippen molar-refractivity contribution in [3.63, 3.8) is 0 Å². The van der Waals surface area contributed by atoms with Gasteiger partial charge in [0.1, 0.15) is 5.75 Å². The zero-order valence-corrected chi connectivity index (χ0v) is 8.69. The fraction of sp³-hybridized carbons (Fsp3) is 0.273. The van der Waals surface area contributed by atoms with Crippen LogP contribution in [0.4, 0.5) is 0 Å². The van der Waals surface area contributed by atoms with E-state index in [4.69, 9.17) is 10.3 Å². The summed E-state index contributed by atoms with van der Waals surface area (Å²) in [6, 6.07) is 5.70. The van der Waals surface area contributed by atoms with Crippen LogP contribution in [0.2, 0.25) is 0 Å². The molecular formula is C11H11N3O. The highest BCUT2D eigenvalue weighted by Crippen LogP contribution is 2.18. The van der Waals surface area contributed by atoms with Crippen LogP contribution >= 0.6 is 0 Å². The molecule has 0 atom stereocenters. The summed E-state index contributed by atoms with van der Waals surface area (Å²) in [6.07, 6.45) is 0. The Hall–Kier alpha value is -2.11. The van der Waals surface area contributed by atoms with Crippen molar-refractivity contribution >= 4 is 0 Å². The van der Waals surface area contributed by atoms with E-state index < -0.39 is 0 Å². The smallest absolute Gasteiger partial charge is 0.123 e. The first-order chi connectivity index (χ1) is 7.27. The van der Waals surface area contributed by atoms with Gasteiger partial charge in [-0.05, 0) is 30.2 Å². The average molecular weight is 201 g/mol. The van der Waals surface area contributed by atoms with Gasteiger partial charge >= 0.3 is 0 Å². The van der Waals surface area contributed by atoms with E-state index in [0.717, 1.165) is 16.9 Å². The van der Waals surface area contributed by atoms with Gasteiger partial charge in [0.05, 0.1) is 13.7 Å². The van der Waals surface area contributed by atoms with Crippen LogP contribution in [0.3, 0.4) is 0 Å². The number of rotatable bonds is 2. The monoisotopic (exact) mass is 201 g/mol. The highest BCUT2D eigenvalue weighted by atomic mass is 16.5. The molecule has 15 heavy (non-hydrogen) atoms. The summed E-state index contributed by atoms with van der Waals surface area (Å²) in [5.41, 5.74) is 9.97. The number of aryl methyl sites for hydroxylation is 1. The molecule has 0 aliphatic heterocycles. The molecule has 0 N–H and O–H groups in total. The predicted octanol–water partition coefficient (Wildman–Crippen LogP) is 2.67. The lowest BCUT2D eigenvalue weighted by molar-refractivity contribution is 0.411. The van der Waals surface area contributed by atoms with Gasteiger partial charge in [0, 0.05) is 10.5 Å². The van der Waals surface area contributed by atoms with Gasteiger partial charge in [0.2, 0.25) is 0 Å². The van der Waals surface area contributed by atoms with E-state index in [9.17, 15) is 0 Å². The zero-order chi connectivity index (χ0) is 11.1. The Balaban J connectivity index is 2.85. The number of benzene rings is 1. The van der Waals surface area contributed by atoms with Gasteiger partial charge < -0.3 is 4.74 Å². The Bertz CT molecular complexity index is 451. The maximum Gasteiger partial charge on any atom is 0.123 e. The van der Waals surface area contributed by atoms with E-state index in [1.165, 1.54) is 0 Å². The Morgan fingerprint density at radius 3 is 3.00 bits per heavy atom. The number of hydrogen-bond acceptors (Lipinski definition) is 2. The second kappa shape index (κ2) is 5.58. The quantitative estimate of drug-likeness (QED) is 0.314. The summed E-state index contributed by atoms with van der Waals surface area (Å²) < 4.78 is 5.16. The van der Waals surface area contributed by atoms with Crippen LogP contribution < -0.4 is 4.74 Å². The van der Waals surface area contributed by atoms with E-state index in [1.54, 1.807) is 7.11 Å². The van der Waals surface area contributed by atoms with Gasteiger partial charge in [-0.1, -0.05) is 23.0 Å². The maximum atomic E-state index is 8.05. The van der Waals surface area contributed by atoms with Crippen molar-refractivity contribution in [2.75, 3.05) is 13.7 Å². The van der Waals surface area contributed by atoms with Crippen molar-refractivity contribution in [3.05, 3.63) is 39.8 Å². The SMILES string of the molecule is COc1cc(C#CCN=[N+]=[N-])ccc1C. The van der Waals surface area contributed by atoms with E-state index in [0.29, 0.717) is 0 Å². The van der Waals surface area contributed by atoms with E-state index in [-0.39, 0.29) is 6.54 Å². The largest absolute Gasteiger partial charge is 0.496 e. The van der Waals surface area contributed by atoms with Gasteiger partial charge in [-0.25, -0.2) is 0 Å². The molecule has 1 rings (SSSR count). The Labute approximate surface area is 88.5 Å². The van der Waals surface area contributed by atoms with Crippen molar-refractivity contribution in [2.24, 2.45) is 5.11 Å². The van der Waals surface area contributed by atoms with Gasteiger partial charge in [0.25, 0.3) is 0 Å². The number of hydrogen-bond donors (Lipinski definition) is 0. The van der Waals surface area contributed by atoms with Crippen LogP contribution in [-0.2, 0) is 0 Å². The van der Waals surface area contributed by atoms with Crippen molar-refractivity contribution in [2.45, 2.75) is 6.92 Å². The third-order valence-corrected chi connectivity index (χ3v) is 1.85. The summed E-state index contributed by atoms with van der Waals surface area (Å²) >= 11 is 0. The lowest BCUT2D eigenvalue weighted by Crippen LogP contribution is -1.87. The first-order valence-corrected chi connectivity index (χ1v) is 4.42. The Kier molecular flexibility index (Phi) is 4.08. The lowest BCUT2D eigenvalue weighted by atomic mass is 10.1. The molecular weight excluding hydrogens is 190 g/mol. The van der Waals surface area contributed by atoms with Crippen molar-refractivity contribution in [1.29, 1.82) is 0 Å². The number of ether oxygens (including phenoxy) is 1. The van der Waals surface area contributed by atoms with Crippen LogP contribution in [0.1, 0.15) is 11.1 Å². The summed E-state index contributed by atoms with van der Waals surface area (Å²) in [5, 5.41) is 3.32. The van der Waals surface area contributed by atoms with E-state index in [2.05, 4.69) is 21.9 Å². The predicted molar refractivity (Wildman–Crippen MR) is 58.6 cm³/mol. The highest BCUT2D eigenvalue weighted by molar-refractivity contribution is 5.44. The first kappa shape index (κ1) is 11.0. The summed E-state index contributed by atoms with van der Waals surface area (Å²) in [5.74, 6) is 6.44. The molecule has 0 aromatic heterocycles. The molecule has 0 spiro atoms. The number of nitrogens with zero attached hydrogens (tertiary/aromatic N) is 3. The second-order valence-corrected chi connectivity index (χ2v) is 2.88. The summed E-state index contributed by atoms with van der Waals surface area (Å²) in [6.45, 7) is 2.16. The van der Waals surface area contributed by atoms with Crippen molar-refractivity contribution < 1.29 is 4.74 Å². The minimum Gasteiger partial charge on any atom is -0.496 e. The van der Waals surface area contributed by atoms with Gasteiger partial charge in [-0.3, -0.25) is 0 Å². The number of methoxy groups -OCH3 is 1. The lowest BCUT2D eigenvalue weighted by Gasteiger charge is -2.03. The molecule has 1 aromatic carbocycles. The zero-order valence-electron chi connectivity index (χ0n) is 8.69. The molecule has 4 heteroatoms. The molecule has 0 bridgehead atoms. The topological polar surface area (TPSA) is 58.0 Å². The summed E-state index contributed by atoms with van der Waals surface area (Å²) in [4.78, 5) is 2.61. The molecule has 0 amide bonds. The Morgan fingerprint density at radius 2 is 2.33 bits per heavy atom. The Morgan fingerprint density at radius 1 is 1.53 bits per heavy atom. The molecule has 0 heterocycles. The first-order valence-electron chi connectivity index (χ1n) is 4.42. The van der Waals surface area contributed by atoms with Crippen LogP contribution in [0, 0.1) is 18.8 Å². The normalized spacial score (nSPS) is 8.40. The standard InChI is InChI=1S/C11H11N3O/c1-9-5-6-10(8-11(9)15-2)4-3-7-13-14-12/h5-6,8H,7H2,1-2H3. The third-order valence-electron chi connectivity index (χ3n) is 1.85. The van der Waals surface area contributed by atoms with Gasteiger partial charge in [-0.2, -0.15) is 0 Å². The van der Waals surface area contributed by atoms with Crippen LogP contribution in [0.5, 0.6) is 5.75 Å². The molecule has 4 nitrogen and oxygen atoms in total. The molecule has 0 aliphatic rings. The fourth-order valence-electron chi connectivity index (χ4n) is 1.11. The summed E-state index contributed by atoms with van der Waals surface area (Å²) in [7, 11) is 1.62. The molecule has 0 fully saturated rings. The maximum absolute atomic E-state index is 8.05. The van der Waals surface area contributed by atoms with Crippen LogP contribution in [0.25, 0.3) is 10.4 Å². The highest BCUT2D eigenvalue weighted by Gasteiger charge is 1.97. The molecule has 0 unspecified atom stereocenters. The van der Waals surface area contributed by atoms with E-state index >= 15 is 0 Å². The molecule has 0 aliphatic carbocycles. The minimum absolute atomic E-state index is 0.187. The second-order valence-electron chi connectivity index (χ2n) is 2.88. The number of azide groups is 1.